The van der Waals surface area contributed by atoms with Gasteiger partial charge in [0.2, 0.25) is 0 Å². The summed E-state index contributed by atoms with van der Waals surface area (Å²) in [7, 11) is 1.31. The molecule has 0 atom stereocenters. The zero-order valence-electron chi connectivity index (χ0n) is 16.3. The third-order valence-corrected chi connectivity index (χ3v) is 4.70. The van der Waals surface area contributed by atoms with E-state index in [4.69, 9.17) is 0 Å². The summed E-state index contributed by atoms with van der Waals surface area (Å²) in [6, 6.07) is 22.5. The molecule has 0 aliphatic rings. The van der Waals surface area contributed by atoms with E-state index in [-0.39, 0.29) is 5.91 Å². The lowest BCUT2D eigenvalue weighted by Gasteiger charge is -2.09. The van der Waals surface area contributed by atoms with Gasteiger partial charge in [0.25, 0.3) is 5.91 Å². The molecule has 0 fully saturated rings. The molecule has 0 spiro atoms. The molecule has 0 saturated heterocycles. The molecule has 2 amide bonds. The van der Waals surface area contributed by atoms with Crippen LogP contribution in [0.2, 0.25) is 0 Å². The second-order valence-electron chi connectivity index (χ2n) is 6.65. The lowest BCUT2D eigenvalue weighted by atomic mass is 10.1. The zero-order valence-corrected chi connectivity index (χ0v) is 16.3. The highest BCUT2D eigenvalue weighted by Crippen LogP contribution is 2.18. The molecular weight excluding hydrogens is 380 g/mol. The van der Waals surface area contributed by atoms with Crippen LogP contribution in [0.5, 0.6) is 0 Å². The van der Waals surface area contributed by atoms with Gasteiger partial charge < -0.3 is 10.1 Å². The maximum atomic E-state index is 12.5. The van der Waals surface area contributed by atoms with Crippen LogP contribution in [0.3, 0.4) is 0 Å². The molecule has 0 aliphatic heterocycles. The van der Waals surface area contributed by atoms with E-state index in [2.05, 4.69) is 20.4 Å². The fourth-order valence-corrected chi connectivity index (χ4v) is 3.10. The number of carbonyl (C=O) groups excluding carboxylic acids is 2. The van der Waals surface area contributed by atoms with E-state index in [1.807, 2.05) is 53.1 Å². The van der Waals surface area contributed by atoms with E-state index in [9.17, 15) is 9.59 Å². The Morgan fingerprint density at radius 1 is 0.967 bits per heavy atom. The number of ether oxygens (including phenoxy) is 1. The number of para-hydroxylation sites is 2. The van der Waals surface area contributed by atoms with Gasteiger partial charge in [-0.2, -0.15) is 0 Å². The molecule has 4 aromatic rings. The van der Waals surface area contributed by atoms with Crippen molar-refractivity contribution in [3.8, 4) is 5.69 Å². The number of rotatable bonds is 5. The molecular formula is C23H20N4O3. The first-order valence-electron chi connectivity index (χ1n) is 9.39. The highest BCUT2D eigenvalue weighted by Gasteiger charge is 2.08. The monoisotopic (exact) mass is 400 g/mol. The summed E-state index contributed by atoms with van der Waals surface area (Å²) >= 11 is 0. The van der Waals surface area contributed by atoms with Crippen LogP contribution in [0, 0.1) is 0 Å². The zero-order chi connectivity index (χ0) is 20.9. The first kappa shape index (κ1) is 19.2. The van der Waals surface area contributed by atoms with Crippen LogP contribution >= 0.6 is 0 Å². The Morgan fingerprint density at radius 3 is 2.43 bits per heavy atom. The Hall–Kier alpha value is -4.13. The number of benzene rings is 3. The van der Waals surface area contributed by atoms with Crippen molar-refractivity contribution in [2.24, 2.45) is 0 Å². The number of amides is 2. The van der Waals surface area contributed by atoms with E-state index in [0.29, 0.717) is 17.8 Å². The first-order valence-corrected chi connectivity index (χ1v) is 9.39. The third kappa shape index (κ3) is 4.15. The minimum absolute atomic E-state index is 0.159. The van der Waals surface area contributed by atoms with E-state index >= 15 is 0 Å². The molecule has 1 aromatic heterocycles. The number of aromatic nitrogens is 2. The van der Waals surface area contributed by atoms with Gasteiger partial charge in [-0.3, -0.25) is 14.7 Å². The highest BCUT2D eigenvalue weighted by atomic mass is 16.5. The fraction of sp³-hybridized carbons (Fsp3) is 0.0870. The Labute approximate surface area is 173 Å². The molecule has 3 aromatic carbocycles. The number of hydrogen-bond donors (Lipinski definition) is 2. The molecule has 0 radical (unpaired) electrons. The lowest BCUT2D eigenvalue weighted by Crippen LogP contribution is -2.22. The summed E-state index contributed by atoms with van der Waals surface area (Å²) in [5, 5.41) is 5.48. The average Bonchev–Trinajstić information content (AvgIpc) is 3.22. The number of nitrogens with one attached hydrogen (secondary N) is 2. The van der Waals surface area contributed by atoms with Crippen LogP contribution < -0.4 is 10.6 Å². The Balaban J connectivity index is 1.39. The van der Waals surface area contributed by atoms with Crippen molar-refractivity contribution in [2.45, 2.75) is 6.54 Å². The summed E-state index contributed by atoms with van der Waals surface area (Å²) in [4.78, 5) is 28.1. The fourth-order valence-electron chi connectivity index (χ4n) is 3.10. The van der Waals surface area contributed by atoms with E-state index in [1.165, 1.54) is 7.11 Å². The van der Waals surface area contributed by atoms with Crippen molar-refractivity contribution in [3.63, 3.8) is 0 Å². The standard InChI is InChI=1S/C23H20N4O3/c1-30-23(29)26-18-10-6-16(7-11-18)14-24-22(28)17-8-12-19(13-9-17)27-15-25-20-4-2-3-5-21(20)27/h2-13,15H,14H2,1H3,(H,24,28)(H,26,29). The smallest absolute Gasteiger partial charge is 0.411 e. The quantitative estimate of drug-likeness (QED) is 0.527. The molecule has 0 unspecified atom stereocenters. The molecule has 2 N–H and O–H groups in total. The van der Waals surface area contributed by atoms with Crippen molar-refractivity contribution in [1.82, 2.24) is 14.9 Å². The van der Waals surface area contributed by atoms with Crippen molar-refractivity contribution >= 4 is 28.7 Å². The SMILES string of the molecule is COC(=O)Nc1ccc(CNC(=O)c2ccc(-n3cnc4ccccc43)cc2)cc1. The van der Waals surface area contributed by atoms with Crippen molar-refractivity contribution in [1.29, 1.82) is 0 Å². The number of imidazole rings is 1. The summed E-state index contributed by atoms with van der Waals surface area (Å²) in [5.74, 6) is -0.159. The molecule has 1 heterocycles. The van der Waals surface area contributed by atoms with E-state index < -0.39 is 6.09 Å². The van der Waals surface area contributed by atoms with E-state index in [0.717, 1.165) is 22.3 Å². The number of fused-ring (bicyclic) bond motifs is 1. The van der Waals surface area contributed by atoms with Crippen LogP contribution in [0.4, 0.5) is 10.5 Å². The summed E-state index contributed by atoms with van der Waals surface area (Å²) in [6.07, 6.45) is 1.25. The first-order chi connectivity index (χ1) is 14.6. The second kappa shape index (κ2) is 8.48. The van der Waals surface area contributed by atoms with Gasteiger partial charge in [0.05, 0.1) is 18.1 Å². The van der Waals surface area contributed by atoms with E-state index in [1.54, 1.807) is 30.6 Å². The van der Waals surface area contributed by atoms with Gasteiger partial charge in [-0.25, -0.2) is 9.78 Å². The van der Waals surface area contributed by atoms with Crippen molar-refractivity contribution in [3.05, 3.63) is 90.3 Å². The molecule has 0 aliphatic carbocycles. The minimum Gasteiger partial charge on any atom is -0.453 e. The van der Waals surface area contributed by atoms with Crippen LogP contribution in [0.1, 0.15) is 15.9 Å². The Bertz CT molecular complexity index is 1180. The van der Waals surface area contributed by atoms with Gasteiger partial charge in [-0.05, 0) is 54.1 Å². The summed E-state index contributed by atoms with van der Waals surface area (Å²) in [6.45, 7) is 0.380. The summed E-state index contributed by atoms with van der Waals surface area (Å²) in [5.41, 5.74) is 4.99. The van der Waals surface area contributed by atoms with Crippen molar-refractivity contribution < 1.29 is 14.3 Å². The highest BCUT2D eigenvalue weighted by molar-refractivity contribution is 5.94. The molecule has 7 nitrogen and oxygen atoms in total. The van der Waals surface area contributed by atoms with Crippen LogP contribution in [0.15, 0.2) is 79.1 Å². The van der Waals surface area contributed by atoms with Crippen molar-refractivity contribution in [2.75, 3.05) is 12.4 Å². The largest absolute Gasteiger partial charge is 0.453 e. The number of nitrogens with zero attached hydrogens (tertiary/aromatic N) is 2. The topological polar surface area (TPSA) is 85.3 Å². The number of anilines is 1. The molecule has 150 valence electrons. The Morgan fingerprint density at radius 2 is 1.70 bits per heavy atom. The van der Waals surface area contributed by atoms with Crippen LogP contribution in [-0.4, -0.2) is 28.7 Å². The second-order valence-corrected chi connectivity index (χ2v) is 6.65. The van der Waals surface area contributed by atoms with Gasteiger partial charge in [-0.1, -0.05) is 24.3 Å². The molecule has 0 bridgehead atoms. The lowest BCUT2D eigenvalue weighted by molar-refractivity contribution is 0.0951. The van der Waals surface area contributed by atoms with Gasteiger partial charge in [0.1, 0.15) is 6.33 Å². The molecule has 0 saturated carbocycles. The number of hydrogen-bond acceptors (Lipinski definition) is 4. The minimum atomic E-state index is -0.525. The predicted octanol–water partition coefficient (Wildman–Crippen LogP) is 4.13. The molecule has 30 heavy (non-hydrogen) atoms. The van der Waals surface area contributed by atoms with Gasteiger partial charge in [0, 0.05) is 23.5 Å². The maximum absolute atomic E-state index is 12.5. The maximum Gasteiger partial charge on any atom is 0.411 e. The predicted molar refractivity (Wildman–Crippen MR) is 115 cm³/mol. The molecule has 7 heteroatoms. The van der Waals surface area contributed by atoms with Gasteiger partial charge in [0.15, 0.2) is 0 Å². The van der Waals surface area contributed by atoms with Gasteiger partial charge >= 0.3 is 6.09 Å². The Kier molecular flexibility index (Phi) is 5.43. The van der Waals surface area contributed by atoms with Crippen LogP contribution in [-0.2, 0) is 11.3 Å². The van der Waals surface area contributed by atoms with Crippen LogP contribution in [0.25, 0.3) is 16.7 Å². The third-order valence-electron chi connectivity index (χ3n) is 4.70. The molecule has 4 rings (SSSR count). The summed E-state index contributed by atoms with van der Waals surface area (Å²) < 4.78 is 6.54. The van der Waals surface area contributed by atoms with Gasteiger partial charge in [-0.15, -0.1) is 0 Å². The normalized spacial score (nSPS) is 10.6. The average molecular weight is 400 g/mol. The number of methoxy groups -OCH3 is 1. The number of carbonyl (C=O) groups is 2.